The fraction of sp³-hybridized carbons (Fsp3) is 0.800. The van der Waals surface area contributed by atoms with E-state index in [2.05, 4.69) is 4.74 Å². The molecule has 0 radical (unpaired) electrons. The van der Waals surface area contributed by atoms with Gasteiger partial charge in [-0.3, -0.25) is 4.79 Å². The summed E-state index contributed by atoms with van der Waals surface area (Å²) in [4.78, 5) is 24.2. The molecule has 0 aromatic carbocycles. The molecule has 1 atom stereocenters. The molecule has 0 N–H and O–H groups in total. The molecule has 5 heteroatoms. The largest absolute Gasteiger partial charge is 0.463 e. The van der Waals surface area contributed by atoms with Crippen molar-refractivity contribution in [3.05, 3.63) is 0 Å². The molecule has 1 saturated heterocycles. The molecule has 86 valence electrons. The highest BCUT2D eigenvalue weighted by Crippen LogP contribution is 2.18. The zero-order valence-corrected chi connectivity index (χ0v) is 9.36. The Kier molecular flexibility index (Phi) is 3.94. The lowest BCUT2D eigenvalue weighted by molar-refractivity contribution is -0.151. The van der Waals surface area contributed by atoms with Crippen LogP contribution in [0, 0.1) is 5.92 Å². The van der Waals surface area contributed by atoms with Crippen LogP contribution in [-0.2, 0) is 14.3 Å². The van der Waals surface area contributed by atoms with Crippen LogP contribution in [0.3, 0.4) is 0 Å². The maximum atomic E-state index is 11.5. The number of methoxy groups -OCH3 is 1. The average molecular weight is 215 g/mol. The van der Waals surface area contributed by atoms with Gasteiger partial charge >= 0.3 is 12.1 Å². The van der Waals surface area contributed by atoms with Gasteiger partial charge in [0.2, 0.25) is 0 Å². The summed E-state index contributed by atoms with van der Waals surface area (Å²) in [5, 5.41) is 0. The third-order valence-corrected chi connectivity index (χ3v) is 2.31. The normalized spacial score (nSPS) is 20.5. The smallest absolute Gasteiger partial charge is 0.409 e. The van der Waals surface area contributed by atoms with E-state index in [1.807, 2.05) is 13.8 Å². The van der Waals surface area contributed by atoms with Crippen molar-refractivity contribution in [3.63, 3.8) is 0 Å². The van der Waals surface area contributed by atoms with Crippen molar-refractivity contribution in [2.75, 3.05) is 20.2 Å². The predicted octanol–water partition coefficient (Wildman–Crippen LogP) is 1.03. The molecule has 1 fully saturated rings. The lowest BCUT2D eigenvalue weighted by Crippen LogP contribution is -2.30. The second-order valence-corrected chi connectivity index (χ2v) is 3.89. The lowest BCUT2D eigenvalue weighted by Gasteiger charge is -2.15. The van der Waals surface area contributed by atoms with Crippen LogP contribution in [0.15, 0.2) is 0 Å². The third kappa shape index (κ3) is 3.11. The van der Waals surface area contributed by atoms with Crippen molar-refractivity contribution < 1.29 is 19.1 Å². The molecule has 1 aliphatic heterocycles. The van der Waals surface area contributed by atoms with Gasteiger partial charge < -0.3 is 14.4 Å². The molecule has 0 saturated carbocycles. The lowest BCUT2D eigenvalue weighted by atomic mass is 10.1. The fourth-order valence-electron chi connectivity index (χ4n) is 1.58. The van der Waals surface area contributed by atoms with Gasteiger partial charge in [0.15, 0.2) is 0 Å². The standard InChI is InChI=1S/C10H17NO4/c1-7(2)15-9(12)8-4-5-11(6-8)10(13)14-3/h7-8H,4-6H2,1-3H3. The van der Waals surface area contributed by atoms with Gasteiger partial charge in [-0.15, -0.1) is 0 Å². The van der Waals surface area contributed by atoms with Crippen LogP contribution < -0.4 is 0 Å². The Morgan fingerprint density at radius 2 is 2.07 bits per heavy atom. The topological polar surface area (TPSA) is 55.8 Å². The molecule has 1 heterocycles. The number of ether oxygens (including phenoxy) is 2. The monoisotopic (exact) mass is 215 g/mol. The number of carbonyl (C=O) groups excluding carboxylic acids is 2. The predicted molar refractivity (Wildman–Crippen MR) is 53.3 cm³/mol. The van der Waals surface area contributed by atoms with Gasteiger partial charge in [0.25, 0.3) is 0 Å². The number of hydrogen-bond donors (Lipinski definition) is 0. The molecular formula is C10H17NO4. The Bertz CT molecular complexity index is 252. The maximum Gasteiger partial charge on any atom is 0.409 e. The minimum absolute atomic E-state index is 0.107. The van der Waals surface area contributed by atoms with E-state index in [9.17, 15) is 9.59 Å². The number of esters is 1. The number of nitrogens with zero attached hydrogens (tertiary/aromatic N) is 1. The maximum absolute atomic E-state index is 11.5. The molecule has 5 nitrogen and oxygen atoms in total. The summed E-state index contributed by atoms with van der Waals surface area (Å²) in [7, 11) is 1.34. The van der Waals surface area contributed by atoms with Gasteiger partial charge in [-0.1, -0.05) is 0 Å². The molecule has 1 amide bonds. The van der Waals surface area contributed by atoms with E-state index < -0.39 is 0 Å². The van der Waals surface area contributed by atoms with E-state index in [4.69, 9.17) is 4.74 Å². The highest BCUT2D eigenvalue weighted by molar-refractivity contribution is 5.75. The van der Waals surface area contributed by atoms with E-state index in [1.165, 1.54) is 12.0 Å². The number of carbonyl (C=O) groups is 2. The minimum atomic E-state index is -0.380. The summed E-state index contributed by atoms with van der Waals surface area (Å²) >= 11 is 0. The minimum Gasteiger partial charge on any atom is -0.463 e. The first-order chi connectivity index (χ1) is 7.04. The summed E-state index contributed by atoms with van der Waals surface area (Å²) in [6.07, 6.45) is 0.167. The zero-order valence-electron chi connectivity index (χ0n) is 9.36. The number of rotatable bonds is 2. The van der Waals surface area contributed by atoms with E-state index in [0.717, 1.165) is 0 Å². The van der Waals surface area contributed by atoms with Gasteiger partial charge in [0, 0.05) is 13.1 Å². The highest BCUT2D eigenvalue weighted by atomic mass is 16.5. The van der Waals surface area contributed by atoms with Gasteiger partial charge in [0.1, 0.15) is 0 Å². The molecule has 0 aromatic heterocycles. The van der Waals surface area contributed by atoms with Crippen molar-refractivity contribution in [2.45, 2.75) is 26.4 Å². The Hall–Kier alpha value is -1.26. The number of likely N-dealkylation sites (tertiary alicyclic amines) is 1. The SMILES string of the molecule is COC(=O)N1CCC(C(=O)OC(C)C)C1. The molecule has 0 aliphatic carbocycles. The summed E-state index contributed by atoms with van der Waals surface area (Å²) < 4.78 is 9.66. The Morgan fingerprint density at radius 3 is 2.60 bits per heavy atom. The van der Waals surface area contributed by atoms with Crippen LogP contribution in [0.1, 0.15) is 20.3 Å². The number of amides is 1. The third-order valence-electron chi connectivity index (χ3n) is 2.31. The quantitative estimate of drug-likeness (QED) is 0.645. The Morgan fingerprint density at radius 1 is 1.40 bits per heavy atom. The molecular weight excluding hydrogens is 198 g/mol. The van der Waals surface area contributed by atoms with Crippen LogP contribution in [0.4, 0.5) is 4.79 Å². The van der Waals surface area contributed by atoms with Crippen LogP contribution in [0.5, 0.6) is 0 Å². The van der Waals surface area contributed by atoms with Crippen molar-refractivity contribution in [1.29, 1.82) is 0 Å². The van der Waals surface area contributed by atoms with Crippen LogP contribution in [0.25, 0.3) is 0 Å². The fourth-order valence-corrected chi connectivity index (χ4v) is 1.58. The molecule has 15 heavy (non-hydrogen) atoms. The van der Waals surface area contributed by atoms with Crippen molar-refractivity contribution in [1.82, 2.24) is 4.90 Å². The first-order valence-corrected chi connectivity index (χ1v) is 5.08. The first-order valence-electron chi connectivity index (χ1n) is 5.08. The van der Waals surface area contributed by atoms with Gasteiger partial charge in [-0.25, -0.2) is 4.79 Å². The molecule has 1 unspecified atom stereocenters. The van der Waals surface area contributed by atoms with Crippen LogP contribution in [-0.4, -0.2) is 43.3 Å². The van der Waals surface area contributed by atoms with Crippen LogP contribution in [0.2, 0.25) is 0 Å². The van der Waals surface area contributed by atoms with Gasteiger partial charge in [-0.2, -0.15) is 0 Å². The Balaban J connectivity index is 2.42. The molecule has 0 bridgehead atoms. The van der Waals surface area contributed by atoms with E-state index in [-0.39, 0.29) is 24.1 Å². The van der Waals surface area contributed by atoms with Gasteiger partial charge in [-0.05, 0) is 20.3 Å². The Labute approximate surface area is 89.3 Å². The first kappa shape index (κ1) is 11.8. The molecule has 0 spiro atoms. The summed E-state index contributed by atoms with van der Waals surface area (Å²) in [6, 6.07) is 0. The summed E-state index contributed by atoms with van der Waals surface area (Å²) in [5.41, 5.74) is 0. The van der Waals surface area contributed by atoms with E-state index in [1.54, 1.807) is 0 Å². The second kappa shape index (κ2) is 5.00. The van der Waals surface area contributed by atoms with E-state index >= 15 is 0 Å². The van der Waals surface area contributed by atoms with E-state index in [0.29, 0.717) is 19.5 Å². The zero-order chi connectivity index (χ0) is 11.4. The van der Waals surface area contributed by atoms with Gasteiger partial charge in [0.05, 0.1) is 19.1 Å². The van der Waals surface area contributed by atoms with Crippen molar-refractivity contribution >= 4 is 12.1 Å². The second-order valence-electron chi connectivity index (χ2n) is 3.89. The highest BCUT2D eigenvalue weighted by Gasteiger charge is 2.32. The molecule has 1 aliphatic rings. The molecule has 1 rings (SSSR count). The van der Waals surface area contributed by atoms with Crippen LogP contribution >= 0.6 is 0 Å². The average Bonchev–Trinajstić information content (AvgIpc) is 2.64. The summed E-state index contributed by atoms with van der Waals surface area (Å²) in [5.74, 6) is -0.428. The summed E-state index contributed by atoms with van der Waals surface area (Å²) in [6.45, 7) is 4.58. The number of hydrogen-bond acceptors (Lipinski definition) is 4. The van der Waals surface area contributed by atoms with Crippen molar-refractivity contribution in [3.8, 4) is 0 Å². The molecule has 0 aromatic rings. The van der Waals surface area contributed by atoms with Crippen molar-refractivity contribution in [2.24, 2.45) is 5.92 Å².